The molecular weight excluding hydrogens is 178 g/mol. The molecule has 2 rings (SSSR count). The molecule has 2 aromatic rings. The molecule has 0 atom stereocenters. The second kappa shape index (κ2) is 3.52. The Morgan fingerprint density at radius 2 is 2.21 bits per heavy atom. The minimum absolute atomic E-state index is 0.331. The Balaban J connectivity index is 2.68. The van der Waals surface area contributed by atoms with Crippen LogP contribution in [0.1, 0.15) is 11.3 Å². The summed E-state index contributed by atoms with van der Waals surface area (Å²) in [6, 6.07) is 9.61. The summed E-state index contributed by atoms with van der Waals surface area (Å²) in [6.45, 7) is 0.331. The van der Waals surface area contributed by atoms with Crippen molar-refractivity contribution in [3.05, 3.63) is 35.6 Å². The van der Waals surface area contributed by atoms with Crippen LogP contribution in [0.5, 0.6) is 0 Å². The van der Waals surface area contributed by atoms with E-state index in [1.165, 1.54) is 0 Å². The Labute approximate surface area is 81.5 Å². The van der Waals surface area contributed by atoms with Gasteiger partial charge in [-0.05, 0) is 12.1 Å². The van der Waals surface area contributed by atoms with Crippen molar-refractivity contribution in [2.24, 2.45) is 0 Å². The van der Waals surface area contributed by atoms with E-state index in [0.29, 0.717) is 17.9 Å². The standard InChI is InChI=1S/C11H9NO2/c1-13-7-11-9(6-12)8-4-2-3-5-10(8)14-11/h2-5H,7H2,1H3. The van der Waals surface area contributed by atoms with Crippen LogP contribution in [0.15, 0.2) is 28.7 Å². The summed E-state index contributed by atoms with van der Waals surface area (Å²) in [4.78, 5) is 0. The van der Waals surface area contributed by atoms with Crippen molar-refractivity contribution in [2.75, 3.05) is 7.11 Å². The molecule has 0 radical (unpaired) electrons. The minimum atomic E-state index is 0.331. The first-order valence-corrected chi connectivity index (χ1v) is 4.26. The molecule has 0 fully saturated rings. The monoisotopic (exact) mass is 187 g/mol. The number of nitriles is 1. The summed E-state index contributed by atoms with van der Waals surface area (Å²) in [5.41, 5.74) is 1.30. The molecule has 0 unspecified atom stereocenters. The van der Waals surface area contributed by atoms with E-state index in [4.69, 9.17) is 14.4 Å². The van der Waals surface area contributed by atoms with Gasteiger partial charge in [-0.15, -0.1) is 0 Å². The average molecular weight is 187 g/mol. The molecule has 14 heavy (non-hydrogen) atoms. The number of nitrogens with zero attached hydrogens (tertiary/aromatic N) is 1. The topological polar surface area (TPSA) is 46.2 Å². The first-order valence-electron chi connectivity index (χ1n) is 4.26. The molecule has 70 valence electrons. The van der Waals surface area contributed by atoms with E-state index in [-0.39, 0.29) is 0 Å². The molecule has 3 nitrogen and oxygen atoms in total. The van der Waals surface area contributed by atoms with Gasteiger partial charge in [0, 0.05) is 12.5 Å². The van der Waals surface area contributed by atoms with Crippen molar-refractivity contribution < 1.29 is 9.15 Å². The SMILES string of the molecule is COCc1oc2ccccc2c1C#N. The van der Waals surface area contributed by atoms with Crippen LogP contribution in [0.25, 0.3) is 11.0 Å². The number of ether oxygens (including phenoxy) is 1. The van der Waals surface area contributed by atoms with Crippen LogP contribution in [-0.4, -0.2) is 7.11 Å². The van der Waals surface area contributed by atoms with Gasteiger partial charge in [-0.1, -0.05) is 12.1 Å². The number of fused-ring (bicyclic) bond motifs is 1. The molecule has 3 heteroatoms. The molecule has 0 saturated heterocycles. The smallest absolute Gasteiger partial charge is 0.148 e. The zero-order valence-electron chi connectivity index (χ0n) is 7.78. The predicted octanol–water partition coefficient (Wildman–Crippen LogP) is 2.45. The lowest BCUT2D eigenvalue weighted by molar-refractivity contribution is 0.166. The lowest BCUT2D eigenvalue weighted by Crippen LogP contribution is -1.86. The number of furan rings is 1. The van der Waals surface area contributed by atoms with Crippen LogP contribution in [0.4, 0.5) is 0 Å². The van der Waals surface area contributed by atoms with Crippen molar-refractivity contribution in [3.63, 3.8) is 0 Å². The molecule has 0 aliphatic rings. The molecule has 0 saturated carbocycles. The van der Waals surface area contributed by atoms with E-state index < -0.39 is 0 Å². The largest absolute Gasteiger partial charge is 0.457 e. The molecule has 0 bridgehead atoms. The minimum Gasteiger partial charge on any atom is -0.457 e. The highest BCUT2D eigenvalue weighted by atomic mass is 16.5. The summed E-state index contributed by atoms with van der Waals surface area (Å²) in [7, 11) is 1.58. The highest BCUT2D eigenvalue weighted by molar-refractivity contribution is 5.84. The predicted molar refractivity (Wildman–Crippen MR) is 51.6 cm³/mol. The zero-order valence-corrected chi connectivity index (χ0v) is 7.78. The summed E-state index contributed by atoms with van der Waals surface area (Å²) in [6.07, 6.45) is 0. The van der Waals surface area contributed by atoms with Crippen molar-refractivity contribution >= 4 is 11.0 Å². The Bertz CT molecular complexity index is 493. The van der Waals surface area contributed by atoms with Crippen molar-refractivity contribution in [1.29, 1.82) is 5.26 Å². The summed E-state index contributed by atoms with van der Waals surface area (Å²) >= 11 is 0. The maximum atomic E-state index is 8.97. The van der Waals surface area contributed by atoms with Gasteiger partial charge in [0.25, 0.3) is 0 Å². The maximum absolute atomic E-state index is 8.97. The molecule has 0 aliphatic heterocycles. The third-order valence-corrected chi connectivity index (χ3v) is 2.06. The van der Waals surface area contributed by atoms with Crippen LogP contribution in [0.2, 0.25) is 0 Å². The van der Waals surface area contributed by atoms with Crippen LogP contribution in [0, 0.1) is 11.3 Å². The zero-order chi connectivity index (χ0) is 9.97. The van der Waals surface area contributed by atoms with Crippen molar-refractivity contribution in [3.8, 4) is 6.07 Å². The molecule has 0 N–H and O–H groups in total. The molecule has 1 aromatic heterocycles. The van der Waals surface area contributed by atoms with Gasteiger partial charge in [0.1, 0.15) is 29.6 Å². The Morgan fingerprint density at radius 1 is 1.43 bits per heavy atom. The average Bonchev–Trinajstić information content (AvgIpc) is 2.55. The van der Waals surface area contributed by atoms with E-state index in [2.05, 4.69) is 6.07 Å². The van der Waals surface area contributed by atoms with Crippen molar-refractivity contribution in [2.45, 2.75) is 6.61 Å². The number of para-hydroxylation sites is 1. The van der Waals surface area contributed by atoms with Crippen LogP contribution >= 0.6 is 0 Å². The van der Waals surface area contributed by atoms with Gasteiger partial charge in [-0.2, -0.15) is 5.26 Å². The number of benzene rings is 1. The summed E-state index contributed by atoms with van der Waals surface area (Å²) < 4.78 is 10.4. The summed E-state index contributed by atoms with van der Waals surface area (Å²) in [5, 5.41) is 9.82. The van der Waals surface area contributed by atoms with Gasteiger partial charge in [0.05, 0.1) is 0 Å². The van der Waals surface area contributed by atoms with Crippen LogP contribution < -0.4 is 0 Å². The normalized spacial score (nSPS) is 10.3. The highest BCUT2D eigenvalue weighted by Crippen LogP contribution is 2.25. The van der Waals surface area contributed by atoms with E-state index in [1.807, 2.05) is 24.3 Å². The van der Waals surface area contributed by atoms with E-state index in [9.17, 15) is 0 Å². The number of hydrogen-bond donors (Lipinski definition) is 0. The van der Waals surface area contributed by atoms with Crippen LogP contribution in [0.3, 0.4) is 0 Å². The first-order chi connectivity index (χ1) is 6.86. The fraction of sp³-hybridized carbons (Fsp3) is 0.182. The number of hydrogen-bond acceptors (Lipinski definition) is 3. The first kappa shape index (κ1) is 8.79. The second-order valence-electron chi connectivity index (χ2n) is 2.94. The molecule has 0 aliphatic carbocycles. The fourth-order valence-corrected chi connectivity index (χ4v) is 1.45. The second-order valence-corrected chi connectivity index (χ2v) is 2.94. The molecule has 0 spiro atoms. The lowest BCUT2D eigenvalue weighted by atomic mass is 10.1. The van der Waals surface area contributed by atoms with Crippen LogP contribution in [-0.2, 0) is 11.3 Å². The van der Waals surface area contributed by atoms with E-state index >= 15 is 0 Å². The molecule has 0 amide bonds. The van der Waals surface area contributed by atoms with Gasteiger partial charge in [-0.25, -0.2) is 0 Å². The maximum Gasteiger partial charge on any atom is 0.148 e. The molecule has 1 aromatic carbocycles. The van der Waals surface area contributed by atoms with Gasteiger partial charge in [0.15, 0.2) is 0 Å². The molecule has 1 heterocycles. The third kappa shape index (κ3) is 1.26. The highest BCUT2D eigenvalue weighted by Gasteiger charge is 2.12. The van der Waals surface area contributed by atoms with Crippen molar-refractivity contribution in [1.82, 2.24) is 0 Å². The summed E-state index contributed by atoms with van der Waals surface area (Å²) in [5.74, 6) is 0.594. The fourth-order valence-electron chi connectivity index (χ4n) is 1.45. The quantitative estimate of drug-likeness (QED) is 0.725. The Hall–Kier alpha value is -1.79. The Kier molecular flexibility index (Phi) is 2.21. The van der Waals surface area contributed by atoms with E-state index in [1.54, 1.807) is 7.11 Å². The van der Waals surface area contributed by atoms with Gasteiger partial charge in [-0.3, -0.25) is 0 Å². The lowest BCUT2D eigenvalue weighted by Gasteiger charge is -1.92. The Morgan fingerprint density at radius 3 is 2.93 bits per heavy atom. The van der Waals surface area contributed by atoms with Gasteiger partial charge >= 0.3 is 0 Å². The van der Waals surface area contributed by atoms with Gasteiger partial charge < -0.3 is 9.15 Å². The van der Waals surface area contributed by atoms with E-state index in [0.717, 1.165) is 11.0 Å². The molecular formula is C11H9NO2. The number of rotatable bonds is 2. The third-order valence-electron chi connectivity index (χ3n) is 2.06. The van der Waals surface area contributed by atoms with Gasteiger partial charge in [0.2, 0.25) is 0 Å². The number of methoxy groups -OCH3 is 1.